The summed E-state index contributed by atoms with van der Waals surface area (Å²) in [4.78, 5) is 4.37. The van der Waals surface area contributed by atoms with E-state index in [2.05, 4.69) is 28.0 Å². The van der Waals surface area contributed by atoms with E-state index in [1.54, 1.807) is 11.3 Å². The molecule has 0 aliphatic carbocycles. The van der Waals surface area contributed by atoms with Crippen LogP contribution in [0.15, 0.2) is 34.0 Å². The number of aliphatic imine (C=N–C) groups is 1. The molecule has 0 saturated carbocycles. The first kappa shape index (κ1) is 14.7. The fourth-order valence-electron chi connectivity index (χ4n) is 2.15. The van der Waals surface area contributed by atoms with Crippen molar-refractivity contribution in [2.75, 3.05) is 18.5 Å². The van der Waals surface area contributed by atoms with E-state index in [1.165, 1.54) is 11.1 Å². The number of hydrogen-bond donors (Lipinski definition) is 2. The molecule has 1 aliphatic rings. The summed E-state index contributed by atoms with van der Waals surface area (Å²) in [5.41, 5.74) is 9.24. The molecule has 116 valence electrons. The van der Waals surface area contributed by atoms with Gasteiger partial charge in [-0.05, 0) is 40.9 Å². The van der Waals surface area contributed by atoms with Gasteiger partial charge in [-0.3, -0.25) is 0 Å². The number of hydrogen-bond acceptors (Lipinski definition) is 4. The number of nitrogens with zero attached hydrogens (tertiary/aromatic N) is 1. The summed E-state index contributed by atoms with van der Waals surface area (Å²) in [6.45, 7) is 4.01. The molecule has 2 heterocycles. The highest BCUT2D eigenvalue weighted by molar-refractivity contribution is 7.08. The highest BCUT2D eigenvalue weighted by Crippen LogP contribution is 2.32. The maximum Gasteiger partial charge on any atom is 0.193 e. The lowest BCUT2D eigenvalue weighted by molar-refractivity contribution is 0.297. The van der Waals surface area contributed by atoms with Gasteiger partial charge in [0.1, 0.15) is 0 Å². The molecule has 0 saturated heterocycles. The molecule has 3 rings (SSSR count). The first-order chi connectivity index (χ1) is 10.7. The third kappa shape index (κ3) is 3.51. The minimum atomic E-state index is 0.389. The van der Waals surface area contributed by atoms with Gasteiger partial charge in [-0.2, -0.15) is 11.3 Å². The van der Waals surface area contributed by atoms with Gasteiger partial charge in [0, 0.05) is 18.2 Å². The molecule has 1 aliphatic heterocycles. The fourth-order valence-corrected chi connectivity index (χ4v) is 3.00. The average molecular weight is 317 g/mol. The Morgan fingerprint density at radius 2 is 2.09 bits per heavy atom. The number of anilines is 1. The molecule has 0 atom stereocenters. The summed E-state index contributed by atoms with van der Waals surface area (Å²) in [6.07, 6.45) is 0.890. The van der Waals surface area contributed by atoms with Gasteiger partial charge in [0.05, 0.1) is 19.8 Å². The molecule has 1 aromatic carbocycles. The molecular formula is C16H19N3O2S. The van der Waals surface area contributed by atoms with Crippen LogP contribution in [0, 0.1) is 6.92 Å². The second-order valence-corrected chi connectivity index (χ2v) is 5.86. The van der Waals surface area contributed by atoms with Gasteiger partial charge in [0.15, 0.2) is 17.5 Å². The third-order valence-electron chi connectivity index (χ3n) is 3.40. The Morgan fingerprint density at radius 1 is 1.27 bits per heavy atom. The standard InChI is InChI=1S/C16H19N3O2S/c1-11-9-22-10-12(11)8-18-16(17)19-13-3-4-14-15(7-13)21-6-2-5-20-14/h3-4,7,9-10H,2,5-6,8H2,1H3,(H3,17,18,19). The van der Waals surface area contributed by atoms with Crippen molar-refractivity contribution < 1.29 is 9.47 Å². The van der Waals surface area contributed by atoms with Crippen molar-refractivity contribution in [1.29, 1.82) is 0 Å². The molecule has 0 amide bonds. The van der Waals surface area contributed by atoms with E-state index in [-0.39, 0.29) is 0 Å². The van der Waals surface area contributed by atoms with Crippen LogP contribution in [0.3, 0.4) is 0 Å². The van der Waals surface area contributed by atoms with E-state index >= 15 is 0 Å². The van der Waals surface area contributed by atoms with Crippen molar-refractivity contribution in [3.63, 3.8) is 0 Å². The lowest BCUT2D eigenvalue weighted by Crippen LogP contribution is -2.22. The number of thiophene rings is 1. The summed E-state index contributed by atoms with van der Waals surface area (Å²) < 4.78 is 11.3. The molecule has 0 radical (unpaired) electrons. The third-order valence-corrected chi connectivity index (χ3v) is 4.31. The Labute approximate surface area is 133 Å². The minimum Gasteiger partial charge on any atom is -0.490 e. The quantitative estimate of drug-likeness (QED) is 0.674. The first-order valence-electron chi connectivity index (χ1n) is 7.20. The molecule has 0 fully saturated rings. The highest BCUT2D eigenvalue weighted by atomic mass is 32.1. The number of nitrogens with one attached hydrogen (secondary N) is 1. The van der Waals surface area contributed by atoms with Crippen LogP contribution in [-0.4, -0.2) is 19.2 Å². The van der Waals surface area contributed by atoms with Crippen molar-refractivity contribution in [1.82, 2.24) is 0 Å². The second kappa shape index (κ2) is 6.70. The van der Waals surface area contributed by atoms with E-state index in [1.807, 2.05) is 18.2 Å². The fraction of sp³-hybridized carbons (Fsp3) is 0.312. The Hall–Kier alpha value is -2.21. The Balaban J connectivity index is 1.67. The second-order valence-electron chi connectivity index (χ2n) is 5.12. The number of ether oxygens (including phenoxy) is 2. The Kier molecular flexibility index (Phi) is 4.48. The van der Waals surface area contributed by atoms with Crippen LogP contribution in [0.25, 0.3) is 0 Å². The van der Waals surface area contributed by atoms with E-state index < -0.39 is 0 Å². The molecule has 3 N–H and O–H groups in total. The average Bonchev–Trinajstić information content (AvgIpc) is 2.78. The summed E-state index contributed by atoms with van der Waals surface area (Å²) in [7, 11) is 0. The molecule has 5 nitrogen and oxygen atoms in total. The predicted molar refractivity (Wildman–Crippen MR) is 90.1 cm³/mol. The zero-order chi connectivity index (χ0) is 15.4. The number of benzene rings is 1. The molecule has 1 aromatic heterocycles. The molecule has 0 bridgehead atoms. The Bertz CT molecular complexity index is 682. The van der Waals surface area contributed by atoms with Crippen molar-refractivity contribution >= 4 is 23.0 Å². The Morgan fingerprint density at radius 3 is 2.86 bits per heavy atom. The van der Waals surface area contributed by atoms with Gasteiger partial charge in [0.2, 0.25) is 0 Å². The van der Waals surface area contributed by atoms with Gasteiger partial charge >= 0.3 is 0 Å². The maximum absolute atomic E-state index is 5.95. The van der Waals surface area contributed by atoms with Crippen LogP contribution >= 0.6 is 11.3 Å². The van der Waals surface area contributed by atoms with E-state index in [4.69, 9.17) is 15.2 Å². The van der Waals surface area contributed by atoms with Crippen LogP contribution < -0.4 is 20.5 Å². The molecule has 22 heavy (non-hydrogen) atoms. The number of aryl methyl sites for hydroxylation is 1. The number of rotatable bonds is 3. The van der Waals surface area contributed by atoms with Crippen molar-refractivity contribution in [2.45, 2.75) is 19.9 Å². The minimum absolute atomic E-state index is 0.389. The molecule has 0 spiro atoms. The lowest BCUT2D eigenvalue weighted by Gasteiger charge is -2.10. The maximum atomic E-state index is 5.95. The normalized spacial score (nSPS) is 14.5. The van der Waals surface area contributed by atoms with E-state index in [9.17, 15) is 0 Å². The van der Waals surface area contributed by atoms with E-state index in [0.29, 0.717) is 25.7 Å². The molecular weight excluding hydrogens is 298 g/mol. The van der Waals surface area contributed by atoms with Gasteiger partial charge < -0.3 is 20.5 Å². The number of nitrogens with two attached hydrogens (primary N) is 1. The smallest absolute Gasteiger partial charge is 0.193 e. The van der Waals surface area contributed by atoms with Crippen LogP contribution in [-0.2, 0) is 6.54 Å². The lowest BCUT2D eigenvalue weighted by atomic mass is 10.2. The zero-order valence-corrected chi connectivity index (χ0v) is 13.3. The topological polar surface area (TPSA) is 68.9 Å². The van der Waals surface area contributed by atoms with Crippen molar-refractivity contribution in [2.24, 2.45) is 10.7 Å². The van der Waals surface area contributed by atoms with Crippen LogP contribution in [0.4, 0.5) is 5.69 Å². The number of fused-ring (bicyclic) bond motifs is 1. The predicted octanol–water partition coefficient (Wildman–Crippen LogP) is 3.14. The van der Waals surface area contributed by atoms with Crippen LogP contribution in [0.5, 0.6) is 11.5 Å². The van der Waals surface area contributed by atoms with Crippen molar-refractivity contribution in [3.05, 3.63) is 40.1 Å². The summed E-state index contributed by atoms with van der Waals surface area (Å²) in [5.74, 6) is 1.90. The van der Waals surface area contributed by atoms with Gasteiger partial charge in [0.25, 0.3) is 0 Å². The zero-order valence-electron chi connectivity index (χ0n) is 12.5. The summed E-state index contributed by atoms with van der Waals surface area (Å²) in [5, 5.41) is 7.30. The van der Waals surface area contributed by atoms with Crippen LogP contribution in [0.1, 0.15) is 17.5 Å². The molecule has 2 aromatic rings. The summed E-state index contributed by atoms with van der Waals surface area (Å²) in [6, 6.07) is 5.68. The van der Waals surface area contributed by atoms with Gasteiger partial charge in [-0.15, -0.1) is 0 Å². The molecule has 6 heteroatoms. The first-order valence-corrected chi connectivity index (χ1v) is 8.15. The molecule has 0 unspecified atom stereocenters. The van der Waals surface area contributed by atoms with Crippen LogP contribution in [0.2, 0.25) is 0 Å². The highest BCUT2D eigenvalue weighted by Gasteiger charge is 2.10. The summed E-state index contributed by atoms with van der Waals surface area (Å²) >= 11 is 1.68. The monoisotopic (exact) mass is 317 g/mol. The van der Waals surface area contributed by atoms with E-state index in [0.717, 1.165) is 23.6 Å². The van der Waals surface area contributed by atoms with Gasteiger partial charge in [-0.25, -0.2) is 4.99 Å². The van der Waals surface area contributed by atoms with Gasteiger partial charge in [-0.1, -0.05) is 0 Å². The number of guanidine groups is 1. The SMILES string of the molecule is Cc1cscc1CN=C(N)Nc1ccc2c(c1)OCCCO2. The van der Waals surface area contributed by atoms with Crippen molar-refractivity contribution in [3.8, 4) is 11.5 Å². The largest absolute Gasteiger partial charge is 0.490 e.